The number of amides is 1. The minimum Gasteiger partial charge on any atom is -0.387 e. The molecule has 0 rings (SSSR count). The molecule has 0 aromatic heterocycles. The van der Waals surface area contributed by atoms with Gasteiger partial charge in [0.15, 0.2) is 0 Å². The van der Waals surface area contributed by atoms with Crippen molar-refractivity contribution in [3.8, 4) is 0 Å². The maximum atomic E-state index is 13.0. The molecule has 9 heteroatoms. The van der Waals surface area contributed by atoms with Crippen LogP contribution in [0.5, 0.6) is 0 Å². The van der Waals surface area contributed by atoms with Crippen molar-refractivity contribution in [2.75, 3.05) is 40.9 Å². The second-order valence-electron chi connectivity index (χ2n) is 26.7. The SMILES string of the molecule is CCCCCCC/C=C\C/C=C\CCCCCCCCCCCCCCCCCCCCCCCCCCCCCCCC(=O)NC(COP(=O)(O)OCC[N+](C)(C)C)C(O)/C=C/CC/C=C/CCCCCCCCCCCCCCCCC. The van der Waals surface area contributed by atoms with Crippen molar-refractivity contribution < 1.29 is 32.9 Å². The summed E-state index contributed by atoms with van der Waals surface area (Å²) in [5, 5.41) is 14.0. The Bertz CT molecular complexity index is 1510. The standard InChI is InChI=1S/C75H145N2O6P/c1-6-8-10-12-14-16-18-20-22-24-26-28-29-30-31-32-33-34-35-36-37-38-39-40-41-42-43-44-45-46-47-49-51-53-55-57-59-61-63-65-67-69-75(79)76-73(72-83-84(80,81)82-71-70-77(3,4)5)74(78)68-66-64-62-60-58-56-54-52-50-48-27-25-23-21-19-17-15-13-11-9-7-2/h18,20,24,26,58,60,66,68,73-74,78H,6-17,19,21-23,25,27-57,59,61-65,67,69-72H2,1-5H3,(H-,76,79,80,81)/p+1/b20-18-,26-24-,60-58+,68-66+. The number of hydrogen-bond acceptors (Lipinski definition) is 5. The first-order chi connectivity index (χ1) is 41.0. The fourth-order valence-corrected chi connectivity index (χ4v) is 12.0. The zero-order chi connectivity index (χ0) is 61.2. The second-order valence-corrected chi connectivity index (χ2v) is 28.1. The number of carbonyl (C=O) groups is 1. The number of phosphoric ester groups is 1. The van der Waals surface area contributed by atoms with Gasteiger partial charge in [-0.1, -0.05) is 351 Å². The number of nitrogens with zero attached hydrogens (tertiary/aromatic N) is 1. The molecule has 0 spiro atoms. The van der Waals surface area contributed by atoms with Crippen molar-refractivity contribution >= 4 is 13.7 Å². The van der Waals surface area contributed by atoms with Gasteiger partial charge in [0.05, 0.1) is 39.9 Å². The zero-order valence-electron chi connectivity index (χ0n) is 56.9. The summed E-state index contributed by atoms with van der Waals surface area (Å²) in [7, 11) is 1.57. The normalized spacial score (nSPS) is 13.8. The highest BCUT2D eigenvalue weighted by Crippen LogP contribution is 2.43. The zero-order valence-corrected chi connectivity index (χ0v) is 57.8. The molecule has 3 atom stereocenters. The number of aliphatic hydroxyl groups excluding tert-OH is 1. The number of carbonyl (C=O) groups excluding carboxylic acids is 1. The van der Waals surface area contributed by atoms with E-state index < -0.39 is 20.0 Å². The topological polar surface area (TPSA) is 105 Å². The Morgan fingerprint density at radius 1 is 0.405 bits per heavy atom. The van der Waals surface area contributed by atoms with E-state index in [2.05, 4.69) is 55.6 Å². The van der Waals surface area contributed by atoms with E-state index in [9.17, 15) is 19.4 Å². The van der Waals surface area contributed by atoms with Gasteiger partial charge < -0.3 is 19.8 Å². The largest absolute Gasteiger partial charge is 0.472 e. The number of allylic oxidation sites excluding steroid dienone is 7. The van der Waals surface area contributed by atoms with Crippen LogP contribution < -0.4 is 5.32 Å². The third kappa shape index (κ3) is 68.0. The smallest absolute Gasteiger partial charge is 0.387 e. The minimum absolute atomic E-state index is 0.0579. The van der Waals surface area contributed by atoms with Gasteiger partial charge in [-0.05, 0) is 64.2 Å². The molecule has 496 valence electrons. The lowest BCUT2D eigenvalue weighted by molar-refractivity contribution is -0.870. The van der Waals surface area contributed by atoms with Gasteiger partial charge in [-0.25, -0.2) is 4.57 Å². The van der Waals surface area contributed by atoms with Crippen molar-refractivity contribution in [2.45, 2.75) is 386 Å². The number of aliphatic hydroxyl groups is 1. The van der Waals surface area contributed by atoms with Crippen molar-refractivity contribution in [1.29, 1.82) is 0 Å². The summed E-state index contributed by atoms with van der Waals surface area (Å²) in [6, 6.07) is -0.863. The van der Waals surface area contributed by atoms with Crippen LogP contribution in [0.2, 0.25) is 0 Å². The number of rotatable bonds is 69. The van der Waals surface area contributed by atoms with Crippen LogP contribution >= 0.6 is 7.82 Å². The van der Waals surface area contributed by atoms with Gasteiger partial charge in [-0.15, -0.1) is 0 Å². The molecule has 3 unspecified atom stereocenters. The molecular formula is C75H146N2O6P+. The molecule has 0 saturated heterocycles. The summed E-state index contributed by atoms with van der Waals surface area (Å²) in [6.07, 6.45) is 90.1. The molecule has 0 aliphatic carbocycles. The van der Waals surface area contributed by atoms with E-state index in [1.807, 2.05) is 27.2 Å². The Kier molecular flexibility index (Phi) is 64.7. The van der Waals surface area contributed by atoms with Crippen molar-refractivity contribution in [3.05, 3.63) is 48.6 Å². The molecule has 0 radical (unpaired) electrons. The summed E-state index contributed by atoms with van der Waals surface area (Å²) >= 11 is 0. The van der Waals surface area contributed by atoms with Crippen LogP contribution in [0.4, 0.5) is 0 Å². The molecular weight excluding hydrogens is 1060 g/mol. The third-order valence-electron chi connectivity index (χ3n) is 17.0. The number of phosphoric acid groups is 1. The van der Waals surface area contributed by atoms with Gasteiger partial charge in [-0.3, -0.25) is 13.8 Å². The van der Waals surface area contributed by atoms with Crippen LogP contribution in [0.1, 0.15) is 373 Å². The molecule has 0 aromatic carbocycles. The minimum atomic E-state index is -4.36. The summed E-state index contributed by atoms with van der Waals surface area (Å²) < 4.78 is 23.8. The molecule has 0 aliphatic rings. The van der Waals surface area contributed by atoms with Crippen molar-refractivity contribution in [1.82, 2.24) is 5.32 Å². The van der Waals surface area contributed by atoms with Crippen LogP contribution in [0.3, 0.4) is 0 Å². The maximum absolute atomic E-state index is 13.0. The monoisotopic (exact) mass is 1200 g/mol. The highest BCUT2D eigenvalue weighted by atomic mass is 31.2. The Labute approximate surface area is 524 Å². The predicted octanol–water partition coefficient (Wildman–Crippen LogP) is 23.8. The van der Waals surface area contributed by atoms with Gasteiger partial charge in [-0.2, -0.15) is 0 Å². The summed E-state index contributed by atoms with van der Waals surface area (Å²) in [4.78, 5) is 23.4. The fourth-order valence-electron chi connectivity index (χ4n) is 11.3. The molecule has 0 heterocycles. The molecule has 84 heavy (non-hydrogen) atoms. The average molecular weight is 1200 g/mol. The van der Waals surface area contributed by atoms with Gasteiger partial charge in [0.1, 0.15) is 13.2 Å². The van der Waals surface area contributed by atoms with E-state index in [-0.39, 0.29) is 19.1 Å². The molecule has 3 N–H and O–H groups in total. The number of likely N-dealkylation sites (N-methyl/N-ethyl adjacent to an activating group) is 1. The predicted molar refractivity (Wildman–Crippen MR) is 369 cm³/mol. The molecule has 0 saturated carbocycles. The van der Waals surface area contributed by atoms with Crippen LogP contribution in [0.25, 0.3) is 0 Å². The van der Waals surface area contributed by atoms with Crippen LogP contribution in [0.15, 0.2) is 48.6 Å². The molecule has 0 bridgehead atoms. The lowest BCUT2D eigenvalue weighted by Gasteiger charge is -2.25. The number of unbranched alkanes of at least 4 members (excludes halogenated alkanes) is 50. The second kappa shape index (κ2) is 65.9. The number of nitrogens with one attached hydrogen (secondary N) is 1. The van der Waals surface area contributed by atoms with E-state index in [1.54, 1.807) is 6.08 Å². The highest BCUT2D eigenvalue weighted by molar-refractivity contribution is 7.47. The lowest BCUT2D eigenvalue weighted by Crippen LogP contribution is -2.45. The van der Waals surface area contributed by atoms with Gasteiger partial charge in [0.25, 0.3) is 0 Å². The van der Waals surface area contributed by atoms with Gasteiger partial charge in [0.2, 0.25) is 5.91 Å². The van der Waals surface area contributed by atoms with Gasteiger partial charge >= 0.3 is 7.82 Å². The van der Waals surface area contributed by atoms with E-state index in [1.165, 1.54) is 308 Å². The molecule has 0 aromatic rings. The van der Waals surface area contributed by atoms with E-state index >= 15 is 0 Å². The average Bonchev–Trinajstić information content (AvgIpc) is 3.56. The Hall–Kier alpha value is -1.54. The van der Waals surface area contributed by atoms with Crippen molar-refractivity contribution in [3.63, 3.8) is 0 Å². The van der Waals surface area contributed by atoms with Crippen molar-refractivity contribution in [2.24, 2.45) is 0 Å². The fraction of sp³-hybridized carbons (Fsp3) is 0.880. The molecule has 8 nitrogen and oxygen atoms in total. The first kappa shape index (κ1) is 82.5. The maximum Gasteiger partial charge on any atom is 0.472 e. The van der Waals surface area contributed by atoms with Crippen LogP contribution in [0, 0.1) is 0 Å². The Morgan fingerprint density at radius 3 is 1.02 bits per heavy atom. The first-order valence-electron chi connectivity index (χ1n) is 37.0. The quantitative estimate of drug-likeness (QED) is 0.0243. The van der Waals surface area contributed by atoms with Crippen LogP contribution in [-0.4, -0.2) is 73.4 Å². The Balaban J connectivity index is 3.92. The molecule has 1 amide bonds. The third-order valence-corrected chi connectivity index (χ3v) is 18.0. The summed E-state index contributed by atoms with van der Waals surface area (Å²) in [6.45, 7) is 4.84. The van der Waals surface area contributed by atoms with E-state index in [0.717, 1.165) is 44.9 Å². The van der Waals surface area contributed by atoms with E-state index in [4.69, 9.17) is 9.05 Å². The molecule has 0 fully saturated rings. The summed E-state index contributed by atoms with van der Waals surface area (Å²) in [5.41, 5.74) is 0. The number of quaternary nitrogens is 1. The van der Waals surface area contributed by atoms with E-state index in [0.29, 0.717) is 17.4 Å². The van der Waals surface area contributed by atoms with Crippen LogP contribution in [-0.2, 0) is 18.4 Å². The first-order valence-corrected chi connectivity index (χ1v) is 38.5. The summed E-state index contributed by atoms with van der Waals surface area (Å²) in [5.74, 6) is -0.179. The highest BCUT2D eigenvalue weighted by Gasteiger charge is 2.28. The van der Waals surface area contributed by atoms with Gasteiger partial charge in [0, 0.05) is 6.42 Å². The number of hydrogen-bond donors (Lipinski definition) is 3. The Morgan fingerprint density at radius 2 is 0.690 bits per heavy atom. The molecule has 0 aliphatic heterocycles. The lowest BCUT2D eigenvalue weighted by atomic mass is 10.0.